The number of carbonyl (C=O) groups excluding carboxylic acids is 1. The van der Waals surface area contributed by atoms with Gasteiger partial charge in [0.05, 0.1) is 77.0 Å². The van der Waals surface area contributed by atoms with Crippen LogP contribution in [0.4, 0.5) is 17.1 Å². The summed E-state index contributed by atoms with van der Waals surface area (Å²) in [6.45, 7) is 11.4. The summed E-state index contributed by atoms with van der Waals surface area (Å²) < 4.78 is 80.2. The van der Waals surface area contributed by atoms with Crippen LogP contribution in [-0.4, -0.2) is 131 Å². The summed E-state index contributed by atoms with van der Waals surface area (Å²) in [5.41, 5.74) is 6.37. The number of nitrogens with one attached hydrogen (secondary N) is 1. The van der Waals surface area contributed by atoms with Gasteiger partial charge in [-0.3, -0.25) is 18.7 Å². The summed E-state index contributed by atoms with van der Waals surface area (Å²) in [6, 6.07) is 16.6. The van der Waals surface area contributed by atoms with Gasteiger partial charge in [-0.2, -0.15) is 21.4 Å². The monoisotopic (exact) mass is 1000 g/mol. The number of amides is 1. The van der Waals surface area contributed by atoms with E-state index in [1.54, 1.807) is 48.5 Å². The van der Waals surface area contributed by atoms with Crippen molar-refractivity contribution < 1.29 is 58.9 Å². The fourth-order valence-electron chi connectivity index (χ4n) is 9.58. The summed E-state index contributed by atoms with van der Waals surface area (Å²) in [6.07, 6.45) is 12.5. The van der Waals surface area contributed by atoms with Crippen LogP contribution in [0.2, 0.25) is 0 Å². The van der Waals surface area contributed by atoms with Crippen LogP contribution >= 0.6 is 0 Å². The summed E-state index contributed by atoms with van der Waals surface area (Å²) in [4.78, 5) is 25.5. The number of hydrogen-bond acceptors (Lipinski definition) is 8. The highest BCUT2D eigenvalue weighted by atomic mass is 32.2. The van der Waals surface area contributed by atoms with Crippen molar-refractivity contribution in [2.45, 2.75) is 99.7 Å². The lowest BCUT2D eigenvalue weighted by atomic mass is 9.81. The molecule has 3 aromatic rings. The Labute approximate surface area is 414 Å². The standard InChI is InChI=1S/C53H69N5O10S2/c1-52(2)43-35-41(69(62,63)64)25-27-45(43)55(31-13-33-57(5,6)7)47(52)29-19-37-15-11-16-38(51(37)68-40-23-21-39(22-24-40)54-49(59)17-12-18-50(60)61)20-30-48-53(3,4)44-36-42(70(65,66)67)26-28-46(44)56(48)32-14-34-58(8,9)10/h19-30,35-36H,11-18,31-34H2,1-10H3,(H-3,54,59,60,61,62,63,64,65,66,67)/p+3. The van der Waals surface area contributed by atoms with Gasteiger partial charge in [-0.1, -0.05) is 19.9 Å². The maximum Gasteiger partial charge on any atom is 0.303 e. The normalized spacial score (nSPS) is 18.3. The van der Waals surface area contributed by atoms with Gasteiger partial charge in [0.1, 0.15) is 11.5 Å². The number of nitrogens with zero attached hydrogens (tertiary/aromatic N) is 4. The minimum absolute atomic E-state index is 0.0729. The maximum atomic E-state index is 12.6. The van der Waals surface area contributed by atoms with Gasteiger partial charge in [-0.15, -0.1) is 0 Å². The fourth-order valence-corrected chi connectivity index (χ4v) is 10.6. The lowest BCUT2D eigenvalue weighted by Crippen LogP contribution is -2.37. The SMILES string of the molecule is CC1(C)C(/C=C/C2=C(Oc3ccc(NC(=O)CCCC(=O)O)cc3)C(=C/C=C3/N(CCC[N+](C)(C)C)c4ccc(S(=O)(=O)O)cc4C3(C)C)/CCC2)=[N+](CCC[N+](C)(C)C)c2ccc(S(=O)(=O)O)cc21. The summed E-state index contributed by atoms with van der Waals surface area (Å²) >= 11 is 0. The van der Waals surface area contributed by atoms with Crippen LogP contribution in [0.15, 0.2) is 117 Å². The molecule has 0 radical (unpaired) electrons. The van der Waals surface area contributed by atoms with Crippen LogP contribution < -0.4 is 15.0 Å². The van der Waals surface area contributed by atoms with Crippen molar-refractivity contribution in [3.63, 3.8) is 0 Å². The third kappa shape index (κ3) is 13.1. The van der Waals surface area contributed by atoms with Gasteiger partial charge in [-0.05, 0) is 123 Å². The topological polar surface area (TPSA) is 191 Å². The van der Waals surface area contributed by atoms with E-state index in [-0.39, 0.29) is 35.0 Å². The predicted molar refractivity (Wildman–Crippen MR) is 274 cm³/mol. The van der Waals surface area contributed by atoms with E-state index in [9.17, 15) is 35.5 Å². The van der Waals surface area contributed by atoms with Crippen LogP contribution in [0.5, 0.6) is 5.75 Å². The van der Waals surface area contributed by atoms with Gasteiger partial charge in [-0.25, -0.2) is 0 Å². The first-order valence-corrected chi connectivity index (χ1v) is 26.7. The van der Waals surface area contributed by atoms with E-state index >= 15 is 0 Å². The van der Waals surface area contributed by atoms with E-state index < -0.39 is 37.0 Å². The molecule has 70 heavy (non-hydrogen) atoms. The molecule has 4 N–H and O–H groups in total. The molecule has 2 aliphatic heterocycles. The highest BCUT2D eigenvalue weighted by Gasteiger charge is 2.45. The Morgan fingerprint density at radius 1 is 0.757 bits per heavy atom. The number of ether oxygens (including phenoxy) is 1. The highest BCUT2D eigenvalue weighted by molar-refractivity contribution is 7.86. The van der Waals surface area contributed by atoms with E-state index in [0.29, 0.717) is 43.1 Å². The zero-order chi connectivity index (χ0) is 51.6. The Balaban J connectivity index is 1.46. The average molecular weight is 1000 g/mol. The van der Waals surface area contributed by atoms with Crippen LogP contribution in [0.25, 0.3) is 0 Å². The molecular weight excluding hydrogens is 931 g/mol. The number of benzene rings is 3. The molecule has 6 rings (SSSR count). The van der Waals surface area contributed by atoms with Crippen molar-refractivity contribution in [1.82, 2.24) is 0 Å². The zero-order valence-electron chi connectivity index (χ0n) is 42.4. The maximum absolute atomic E-state index is 12.6. The number of allylic oxidation sites excluding steroid dienone is 7. The van der Waals surface area contributed by atoms with E-state index in [0.717, 1.165) is 86.4 Å². The second-order valence-electron chi connectivity index (χ2n) is 21.7. The molecule has 0 atom stereocenters. The van der Waals surface area contributed by atoms with Gasteiger partial charge in [0.15, 0.2) is 12.3 Å². The van der Waals surface area contributed by atoms with Gasteiger partial charge >= 0.3 is 5.97 Å². The van der Waals surface area contributed by atoms with Crippen LogP contribution in [0, 0.1) is 0 Å². The van der Waals surface area contributed by atoms with Crippen molar-refractivity contribution >= 4 is 54.9 Å². The minimum Gasteiger partial charge on any atom is -0.481 e. The molecule has 3 aromatic carbocycles. The molecule has 0 bridgehead atoms. The molecule has 0 aromatic heterocycles. The first-order valence-electron chi connectivity index (χ1n) is 23.9. The van der Waals surface area contributed by atoms with Crippen molar-refractivity contribution in [3.05, 3.63) is 119 Å². The van der Waals surface area contributed by atoms with E-state index in [4.69, 9.17) is 9.84 Å². The van der Waals surface area contributed by atoms with Crippen LogP contribution in [0.1, 0.15) is 90.2 Å². The van der Waals surface area contributed by atoms with E-state index in [1.807, 2.05) is 0 Å². The Morgan fingerprint density at radius 3 is 1.99 bits per heavy atom. The molecule has 0 spiro atoms. The molecule has 378 valence electrons. The summed E-state index contributed by atoms with van der Waals surface area (Å²) in [7, 11) is 3.98. The zero-order valence-corrected chi connectivity index (χ0v) is 44.0. The molecule has 0 saturated heterocycles. The number of fused-ring (bicyclic) bond motifs is 2. The van der Waals surface area contributed by atoms with Crippen LogP contribution in [0.3, 0.4) is 0 Å². The van der Waals surface area contributed by atoms with Gasteiger partial charge in [0, 0.05) is 66.0 Å². The number of carboxylic acids is 1. The molecule has 1 amide bonds. The van der Waals surface area contributed by atoms with Gasteiger partial charge in [0.2, 0.25) is 11.6 Å². The minimum atomic E-state index is -4.45. The quantitative estimate of drug-likeness (QED) is 0.0482. The Morgan fingerprint density at radius 2 is 1.37 bits per heavy atom. The molecule has 0 saturated carbocycles. The second kappa shape index (κ2) is 20.7. The number of anilines is 2. The number of rotatable bonds is 20. The Kier molecular flexibility index (Phi) is 16.0. The average Bonchev–Trinajstić information content (AvgIpc) is 3.58. The molecule has 0 fully saturated rings. The number of carboxylic acid groups (broad SMARTS) is 1. The van der Waals surface area contributed by atoms with Crippen LogP contribution in [-0.2, 0) is 40.7 Å². The van der Waals surface area contributed by atoms with Crippen molar-refractivity contribution in [1.29, 1.82) is 0 Å². The molecule has 15 nitrogen and oxygen atoms in total. The summed E-state index contributed by atoms with van der Waals surface area (Å²) in [5.74, 6) is -0.0625. The van der Waals surface area contributed by atoms with Crippen molar-refractivity contribution in [2.24, 2.45) is 0 Å². The Hall–Kier alpha value is -5.43. The molecule has 3 aliphatic rings. The first kappa shape index (κ1) is 53.9. The molecule has 17 heteroatoms. The predicted octanol–water partition coefficient (Wildman–Crippen LogP) is 8.62. The van der Waals surface area contributed by atoms with Gasteiger partial charge < -0.3 is 29.0 Å². The first-order chi connectivity index (χ1) is 32.5. The Bertz CT molecular complexity index is 2900. The van der Waals surface area contributed by atoms with Crippen molar-refractivity contribution in [2.75, 3.05) is 78.7 Å². The largest absolute Gasteiger partial charge is 0.481 e. The lowest BCUT2D eigenvalue weighted by Gasteiger charge is -2.29. The number of aliphatic carboxylic acids is 1. The molecule has 2 heterocycles. The van der Waals surface area contributed by atoms with Crippen molar-refractivity contribution in [3.8, 4) is 5.75 Å². The third-order valence-corrected chi connectivity index (χ3v) is 15.0. The lowest BCUT2D eigenvalue weighted by molar-refractivity contribution is -0.871. The highest BCUT2D eigenvalue weighted by Crippen LogP contribution is 2.49. The van der Waals surface area contributed by atoms with Gasteiger partial charge in [0.25, 0.3) is 20.2 Å². The molecule has 1 aliphatic carbocycles. The molecular formula is C53H72N5O10S2+3. The third-order valence-electron chi connectivity index (χ3n) is 13.3. The number of quaternary nitrogens is 2. The van der Waals surface area contributed by atoms with E-state index in [2.05, 4.69) is 109 Å². The fraction of sp³-hybridized carbons (Fsp3) is 0.453. The number of carbonyl (C=O) groups is 2. The van der Waals surface area contributed by atoms with E-state index in [1.165, 1.54) is 12.1 Å². The smallest absolute Gasteiger partial charge is 0.303 e. The summed E-state index contributed by atoms with van der Waals surface area (Å²) in [5, 5.41) is 11.8. The molecule has 0 unspecified atom stereocenters. The number of hydrogen-bond donors (Lipinski definition) is 4. The second-order valence-corrected chi connectivity index (χ2v) is 24.5.